The normalized spacial score (nSPS) is 32.8. The molecule has 4 nitrogen and oxygen atoms in total. The van der Waals surface area contributed by atoms with Crippen molar-refractivity contribution < 1.29 is 9.53 Å². The van der Waals surface area contributed by atoms with E-state index in [1.165, 1.54) is 12.8 Å². The van der Waals surface area contributed by atoms with Crippen molar-refractivity contribution in [2.24, 2.45) is 11.7 Å². The zero-order valence-corrected chi connectivity index (χ0v) is 11.4. The maximum absolute atomic E-state index is 12.1. The number of likely N-dealkylation sites (tertiary alicyclic amines) is 1. The summed E-state index contributed by atoms with van der Waals surface area (Å²) in [4.78, 5) is 14.0. The molecule has 1 heterocycles. The minimum atomic E-state index is 0.252. The molecule has 2 rings (SSSR count). The smallest absolute Gasteiger partial charge is 0.222 e. The lowest BCUT2D eigenvalue weighted by Gasteiger charge is -2.26. The number of methoxy groups -OCH3 is 1. The molecule has 0 bridgehead atoms. The molecular weight excluding hydrogens is 228 g/mol. The van der Waals surface area contributed by atoms with Crippen LogP contribution in [-0.4, -0.2) is 43.2 Å². The number of nitrogens with two attached hydrogens (primary N) is 1. The summed E-state index contributed by atoms with van der Waals surface area (Å²) in [5.74, 6) is 1.03. The summed E-state index contributed by atoms with van der Waals surface area (Å²) in [5, 5.41) is 0. The fourth-order valence-electron chi connectivity index (χ4n) is 3.11. The summed E-state index contributed by atoms with van der Waals surface area (Å²) < 4.78 is 5.29. The van der Waals surface area contributed by atoms with E-state index in [1.807, 2.05) is 4.90 Å². The lowest BCUT2D eigenvalue weighted by atomic mass is 9.84. The largest absolute Gasteiger partial charge is 0.380 e. The van der Waals surface area contributed by atoms with Gasteiger partial charge >= 0.3 is 0 Å². The van der Waals surface area contributed by atoms with Crippen molar-refractivity contribution in [1.29, 1.82) is 0 Å². The highest BCUT2D eigenvalue weighted by Crippen LogP contribution is 2.27. The van der Waals surface area contributed by atoms with E-state index >= 15 is 0 Å². The van der Waals surface area contributed by atoms with E-state index in [9.17, 15) is 4.79 Å². The predicted molar refractivity (Wildman–Crippen MR) is 71.2 cm³/mol. The van der Waals surface area contributed by atoms with Crippen LogP contribution in [0.4, 0.5) is 0 Å². The van der Waals surface area contributed by atoms with Crippen molar-refractivity contribution in [2.45, 2.75) is 57.1 Å². The Bertz CT molecular complexity index is 275. The van der Waals surface area contributed by atoms with Gasteiger partial charge in [-0.05, 0) is 44.4 Å². The van der Waals surface area contributed by atoms with Crippen molar-refractivity contribution in [2.75, 3.05) is 20.2 Å². The van der Waals surface area contributed by atoms with E-state index in [-0.39, 0.29) is 6.10 Å². The number of rotatable bonds is 4. The Kier molecular flexibility index (Phi) is 5.01. The fourth-order valence-corrected chi connectivity index (χ4v) is 3.11. The number of nitrogens with zero attached hydrogens (tertiary/aromatic N) is 1. The molecule has 2 fully saturated rings. The molecule has 18 heavy (non-hydrogen) atoms. The third kappa shape index (κ3) is 3.69. The highest BCUT2D eigenvalue weighted by Gasteiger charge is 2.26. The zero-order valence-electron chi connectivity index (χ0n) is 11.4. The first kappa shape index (κ1) is 13.8. The van der Waals surface area contributed by atoms with Gasteiger partial charge in [0, 0.05) is 32.7 Å². The molecule has 0 aromatic heterocycles. The standard InChI is InChI=1S/C14H26N2O2/c1-18-13-8-9-16(10-13)14(17)7-4-11-2-5-12(15)6-3-11/h11-13H,2-10,15H2,1H3. The molecule has 1 amide bonds. The molecule has 0 aromatic rings. The Labute approximate surface area is 110 Å². The number of ether oxygens (including phenoxy) is 1. The minimum absolute atomic E-state index is 0.252. The Morgan fingerprint density at radius 3 is 2.61 bits per heavy atom. The molecule has 104 valence electrons. The highest BCUT2D eigenvalue weighted by molar-refractivity contribution is 5.76. The molecule has 1 aliphatic heterocycles. The molecule has 1 saturated heterocycles. The molecule has 1 saturated carbocycles. The molecule has 0 aromatic carbocycles. The summed E-state index contributed by atoms with van der Waals surface area (Å²) in [6.45, 7) is 1.65. The Balaban J connectivity index is 1.66. The summed E-state index contributed by atoms with van der Waals surface area (Å²) >= 11 is 0. The van der Waals surface area contributed by atoms with Gasteiger partial charge in [0.15, 0.2) is 0 Å². The van der Waals surface area contributed by atoms with Crippen molar-refractivity contribution >= 4 is 5.91 Å². The van der Waals surface area contributed by atoms with Crippen molar-refractivity contribution in [3.05, 3.63) is 0 Å². The van der Waals surface area contributed by atoms with Gasteiger partial charge in [-0.1, -0.05) is 0 Å². The third-order valence-electron chi connectivity index (χ3n) is 4.49. The van der Waals surface area contributed by atoms with Gasteiger partial charge in [-0.25, -0.2) is 0 Å². The van der Waals surface area contributed by atoms with Gasteiger partial charge in [0.05, 0.1) is 6.10 Å². The predicted octanol–water partition coefficient (Wildman–Crippen LogP) is 1.53. The lowest BCUT2D eigenvalue weighted by Crippen LogP contribution is -2.31. The molecule has 1 aliphatic carbocycles. The molecule has 1 atom stereocenters. The molecule has 0 radical (unpaired) electrons. The summed E-state index contributed by atoms with van der Waals surface area (Å²) in [7, 11) is 1.73. The van der Waals surface area contributed by atoms with Gasteiger partial charge in [0.1, 0.15) is 0 Å². The van der Waals surface area contributed by atoms with E-state index < -0.39 is 0 Å². The summed E-state index contributed by atoms with van der Waals surface area (Å²) in [6.07, 6.45) is 7.66. The number of carbonyl (C=O) groups is 1. The van der Waals surface area contributed by atoms with E-state index in [1.54, 1.807) is 7.11 Å². The lowest BCUT2D eigenvalue weighted by molar-refractivity contribution is -0.130. The minimum Gasteiger partial charge on any atom is -0.380 e. The van der Waals surface area contributed by atoms with Crippen LogP contribution in [0.25, 0.3) is 0 Å². The molecule has 1 unspecified atom stereocenters. The van der Waals surface area contributed by atoms with E-state index in [4.69, 9.17) is 10.5 Å². The van der Waals surface area contributed by atoms with Crippen LogP contribution >= 0.6 is 0 Å². The second-order valence-electron chi connectivity index (χ2n) is 5.81. The van der Waals surface area contributed by atoms with Crippen LogP contribution in [0.5, 0.6) is 0 Å². The first-order chi connectivity index (χ1) is 8.69. The van der Waals surface area contributed by atoms with Crippen LogP contribution in [0.1, 0.15) is 44.9 Å². The van der Waals surface area contributed by atoms with Gasteiger partial charge in [0.25, 0.3) is 0 Å². The highest BCUT2D eigenvalue weighted by atomic mass is 16.5. The number of carbonyl (C=O) groups excluding carboxylic acids is 1. The van der Waals surface area contributed by atoms with Gasteiger partial charge in [-0.15, -0.1) is 0 Å². The van der Waals surface area contributed by atoms with E-state index in [0.29, 0.717) is 18.4 Å². The summed E-state index contributed by atoms with van der Waals surface area (Å²) in [6, 6.07) is 0.401. The second-order valence-corrected chi connectivity index (χ2v) is 5.81. The van der Waals surface area contributed by atoms with Gasteiger partial charge < -0.3 is 15.4 Å². The van der Waals surface area contributed by atoms with Crippen molar-refractivity contribution in [1.82, 2.24) is 4.90 Å². The Hall–Kier alpha value is -0.610. The molecule has 0 spiro atoms. The third-order valence-corrected chi connectivity index (χ3v) is 4.49. The van der Waals surface area contributed by atoms with Crippen LogP contribution in [0.3, 0.4) is 0 Å². The first-order valence-electron chi connectivity index (χ1n) is 7.25. The van der Waals surface area contributed by atoms with Gasteiger partial charge in [0.2, 0.25) is 5.91 Å². The van der Waals surface area contributed by atoms with Crippen LogP contribution in [0.15, 0.2) is 0 Å². The second kappa shape index (κ2) is 6.53. The van der Waals surface area contributed by atoms with Crippen LogP contribution in [0.2, 0.25) is 0 Å². The topological polar surface area (TPSA) is 55.6 Å². The monoisotopic (exact) mass is 254 g/mol. The number of hydrogen-bond acceptors (Lipinski definition) is 3. The van der Waals surface area contributed by atoms with Gasteiger partial charge in [-0.2, -0.15) is 0 Å². The first-order valence-corrected chi connectivity index (χ1v) is 7.25. The average molecular weight is 254 g/mol. The van der Waals surface area contributed by atoms with E-state index in [2.05, 4.69) is 0 Å². The molecular formula is C14H26N2O2. The van der Waals surface area contributed by atoms with Crippen molar-refractivity contribution in [3.8, 4) is 0 Å². The molecule has 2 N–H and O–H groups in total. The quantitative estimate of drug-likeness (QED) is 0.828. The fraction of sp³-hybridized carbons (Fsp3) is 0.929. The van der Waals surface area contributed by atoms with Crippen molar-refractivity contribution in [3.63, 3.8) is 0 Å². The Morgan fingerprint density at radius 1 is 1.28 bits per heavy atom. The Morgan fingerprint density at radius 2 is 2.00 bits per heavy atom. The van der Waals surface area contributed by atoms with Crippen LogP contribution < -0.4 is 5.73 Å². The average Bonchev–Trinajstić information content (AvgIpc) is 2.86. The molecule has 2 aliphatic rings. The SMILES string of the molecule is COC1CCN(C(=O)CCC2CCC(N)CC2)C1. The maximum Gasteiger partial charge on any atom is 0.222 e. The van der Waals surface area contributed by atoms with E-state index in [0.717, 1.165) is 44.7 Å². The zero-order chi connectivity index (χ0) is 13.0. The molecule has 4 heteroatoms. The van der Waals surface area contributed by atoms with Crippen LogP contribution in [-0.2, 0) is 9.53 Å². The maximum atomic E-state index is 12.1. The number of amides is 1. The van der Waals surface area contributed by atoms with Gasteiger partial charge in [-0.3, -0.25) is 4.79 Å². The number of hydrogen-bond donors (Lipinski definition) is 1. The summed E-state index contributed by atoms with van der Waals surface area (Å²) in [5.41, 5.74) is 5.89. The van der Waals surface area contributed by atoms with Crippen LogP contribution in [0, 0.1) is 5.92 Å².